The van der Waals surface area contributed by atoms with Crippen LogP contribution in [0, 0.1) is 0 Å². The van der Waals surface area contributed by atoms with Crippen LogP contribution >= 0.6 is 11.8 Å². The predicted molar refractivity (Wildman–Crippen MR) is 137 cm³/mol. The van der Waals surface area contributed by atoms with Crippen LogP contribution in [0.1, 0.15) is 50.3 Å². The van der Waals surface area contributed by atoms with E-state index in [2.05, 4.69) is 25.5 Å². The van der Waals surface area contributed by atoms with E-state index in [1.165, 1.54) is 11.8 Å². The van der Waals surface area contributed by atoms with E-state index in [0.717, 1.165) is 21.6 Å². The molecule has 1 aliphatic rings. The fraction of sp³-hybridized carbons (Fsp3) is 0.296. The Kier molecular flexibility index (Phi) is 6.78. The first kappa shape index (κ1) is 24.4. The van der Waals surface area contributed by atoms with Crippen molar-refractivity contribution in [1.82, 2.24) is 0 Å². The maximum Gasteiger partial charge on any atom is 0.320 e. The van der Waals surface area contributed by atoms with Gasteiger partial charge in [0, 0.05) is 16.5 Å². The highest BCUT2D eigenvalue weighted by Crippen LogP contribution is 2.50. The molecule has 2 unspecified atom stereocenters. The molecule has 0 saturated carbocycles. The van der Waals surface area contributed by atoms with Crippen molar-refractivity contribution in [3.8, 4) is 0 Å². The molecule has 0 aliphatic carbocycles. The van der Waals surface area contributed by atoms with Crippen LogP contribution in [0.4, 0.5) is 5.69 Å². The van der Waals surface area contributed by atoms with Gasteiger partial charge in [-0.2, -0.15) is 0 Å². The van der Waals surface area contributed by atoms with Crippen LogP contribution in [-0.2, 0) is 25.0 Å². The number of fused-ring (bicyclic) bond motifs is 1. The average Bonchev–Trinajstić information content (AvgIpc) is 3.18. The summed E-state index contributed by atoms with van der Waals surface area (Å²) in [6, 6.07) is 22.2. The van der Waals surface area contributed by atoms with E-state index in [0.29, 0.717) is 12.3 Å². The smallest absolute Gasteiger partial charge is 0.320 e. The minimum absolute atomic E-state index is 0.0602. The van der Waals surface area contributed by atoms with Gasteiger partial charge >= 0.3 is 5.97 Å². The van der Waals surface area contributed by atoms with Crippen molar-refractivity contribution < 1.29 is 17.9 Å². The van der Waals surface area contributed by atoms with Crippen LogP contribution in [0.5, 0.6) is 0 Å². The zero-order valence-corrected chi connectivity index (χ0v) is 21.4. The highest BCUT2D eigenvalue weighted by Gasteiger charge is 2.40. The number of ether oxygens (including phenoxy) is 1. The third-order valence-electron chi connectivity index (χ3n) is 5.86. The van der Waals surface area contributed by atoms with Gasteiger partial charge in [-0.05, 0) is 59.4 Å². The van der Waals surface area contributed by atoms with Gasteiger partial charge in [0.1, 0.15) is 5.25 Å². The molecule has 5 nitrogen and oxygen atoms in total. The number of thioether (sulfide) groups is 1. The zero-order valence-electron chi connectivity index (χ0n) is 19.7. The Balaban J connectivity index is 1.66. The summed E-state index contributed by atoms with van der Waals surface area (Å²) in [5.74, 6) is -0.491. The number of benzene rings is 3. The minimum Gasteiger partial charge on any atom is -0.465 e. The molecule has 0 amide bonds. The Labute approximate surface area is 206 Å². The molecule has 0 radical (unpaired) electrons. The molecule has 1 heterocycles. The van der Waals surface area contributed by atoms with E-state index < -0.39 is 15.3 Å². The van der Waals surface area contributed by atoms with Crippen molar-refractivity contribution in [2.45, 2.75) is 54.1 Å². The highest BCUT2D eigenvalue weighted by molar-refractivity contribution is 8.01. The van der Waals surface area contributed by atoms with Crippen LogP contribution in [0.25, 0.3) is 0 Å². The number of carbonyl (C=O) groups is 1. The first-order valence-electron chi connectivity index (χ1n) is 11.3. The molecule has 2 atom stereocenters. The lowest BCUT2D eigenvalue weighted by molar-refractivity contribution is -0.142. The molecule has 0 saturated heterocycles. The number of sulfonamides is 1. The van der Waals surface area contributed by atoms with E-state index >= 15 is 0 Å². The molecular weight excluding hydrogens is 466 g/mol. The van der Waals surface area contributed by atoms with E-state index in [1.54, 1.807) is 25.1 Å². The highest BCUT2D eigenvalue weighted by atomic mass is 32.2. The van der Waals surface area contributed by atoms with E-state index in [-0.39, 0.29) is 22.2 Å². The van der Waals surface area contributed by atoms with Crippen molar-refractivity contribution in [2.75, 3.05) is 11.3 Å². The Bertz CT molecular complexity index is 1280. The second-order valence-electron chi connectivity index (χ2n) is 9.31. The Hall–Kier alpha value is -2.77. The second-order valence-corrected chi connectivity index (χ2v) is 12.2. The predicted octanol–water partition coefficient (Wildman–Crippen LogP) is 5.95. The molecule has 7 heteroatoms. The molecule has 0 bridgehead atoms. The van der Waals surface area contributed by atoms with Gasteiger partial charge in [-0.25, -0.2) is 8.42 Å². The second kappa shape index (κ2) is 9.47. The molecule has 4 rings (SSSR count). The number of nitrogens with one attached hydrogen (secondary N) is 1. The minimum atomic E-state index is -3.76. The van der Waals surface area contributed by atoms with Crippen molar-refractivity contribution in [1.29, 1.82) is 0 Å². The molecule has 0 fully saturated rings. The fourth-order valence-electron chi connectivity index (χ4n) is 4.10. The van der Waals surface area contributed by atoms with Gasteiger partial charge in [-0.1, -0.05) is 63.2 Å². The van der Waals surface area contributed by atoms with Gasteiger partial charge in [0.05, 0.1) is 11.5 Å². The van der Waals surface area contributed by atoms with E-state index in [1.807, 2.05) is 54.6 Å². The van der Waals surface area contributed by atoms with Crippen molar-refractivity contribution in [3.05, 3.63) is 89.5 Å². The summed E-state index contributed by atoms with van der Waals surface area (Å²) < 4.78 is 34.2. The molecule has 0 spiro atoms. The Morgan fingerprint density at radius 3 is 2.29 bits per heavy atom. The zero-order chi connectivity index (χ0) is 24.5. The number of carbonyl (C=O) groups excluding carboxylic acids is 1. The van der Waals surface area contributed by atoms with Gasteiger partial charge in [0.2, 0.25) is 0 Å². The number of hydrogen-bond acceptors (Lipinski definition) is 5. The van der Waals surface area contributed by atoms with E-state index in [4.69, 9.17) is 4.74 Å². The van der Waals surface area contributed by atoms with Gasteiger partial charge < -0.3 is 4.74 Å². The molecule has 3 aromatic rings. The van der Waals surface area contributed by atoms with Crippen LogP contribution in [0.2, 0.25) is 0 Å². The Morgan fingerprint density at radius 1 is 1.00 bits per heavy atom. The molecule has 3 aromatic carbocycles. The van der Waals surface area contributed by atoms with Crippen molar-refractivity contribution in [2.24, 2.45) is 0 Å². The molecule has 0 aromatic heterocycles. The summed E-state index contributed by atoms with van der Waals surface area (Å²) in [7, 11) is -3.76. The van der Waals surface area contributed by atoms with Crippen molar-refractivity contribution in [3.63, 3.8) is 0 Å². The van der Waals surface area contributed by atoms with Crippen molar-refractivity contribution >= 4 is 33.4 Å². The summed E-state index contributed by atoms with van der Waals surface area (Å²) in [4.78, 5) is 13.9. The maximum atomic E-state index is 13.1. The quantitative estimate of drug-likeness (QED) is 0.428. The molecular formula is C27H29NO4S2. The largest absolute Gasteiger partial charge is 0.465 e. The third-order valence-corrected chi connectivity index (χ3v) is 8.60. The average molecular weight is 496 g/mol. The maximum absolute atomic E-state index is 13.1. The van der Waals surface area contributed by atoms with Gasteiger partial charge in [0.25, 0.3) is 10.0 Å². The van der Waals surface area contributed by atoms with Gasteiger partial charge in [0.15, 0.2) is 0 Å². The number of rotatable bonds is 6. The molecule has 178 valence electrons. The summed E-state index contributed by atoms with van der Waals surface area (Å²) in [5, 5.41) is -0.422. The standard InChI is InChI=1S/C27H29NO4S2/c1-5-32-26(29)25-24(18-9-7-6-8-10-18)22-17-20(13-16-23(22)33-25)28-34(30,31)21-14-11-19(12-15-21)27(2,3)4/h6-17,24-25,28H,5H2,1-4H3. The van der Waals surface area contributed by atoms with Crippen LogP contribution in [0.15, 0.2) is 82.6 Å². The van der Waals surface area contributed by atoms with Crippen LogP contribution in [-0.4, -0.2) is 26.2 Å². The van der Waals surface area contributed by atoms with Gasteiger partial charge in [-0.3, -0.25) is 9.52 Å². The normalized spacial score (nSPS) is 17.8. The lowest BCUT2D eigenvalue weighted by Gasteiger charge is -2.20. The number of anilines is 1. The SMILES string of the molecule is CCOC(=O)C1Sc2ccc(NS(=O)(=O)c3ccc(C(C)(C)C)cc3)cc2C1c1ccccc1. The fourth-order valence-corrected chi connectivity index (χ4v) is 6.50. The van der Waals surface area contributed by atoms with Gasteiger partial charge in [-0.15, -0.1) is 11.8 Å². The topological polar surface area (TPSA) is 72.5 Å². The summed E-state index contributed by atoms with van der Waals surface area (Å²) in [5.41, 5.74) is 3.37. The first-order chi connectivity index (χ1) is 16.1. The van der Waals surface area contributed by atoms with Crippen LogP contribution in [0.3, 0.4) is 0 Å². The lowest BCUT2D eigenvalue weighted by Crippen LogP contribution is -2.24. The number of hydrogen-bond donors (Lipinski definition) is 1. The molecule has 34 heavy (non-hydrogen) atoms. The molecule has 1 N–H and O–H groups in total. The molecule has 1 aliphatic heterocycles. The van der Waals surface area contributed by atoms with Crippen LogP contribution < -0.4 is 4.72 Å². The summed E-state index contributed by atoms with van der Waals surface area (Å²) >= 11 is 1.46. The summed E-state index contributed by atoms with van der Waals surface area (Å²) in [6.07, 6.45) is 0. The Morgan fingerprint density at radius 2 is 1.68 bits per heavy atom. The lowest BCUT2D eigenvalue weighted by atomic mass is 9.87. The summed E-state index contributed by atoms with van der Waals surface area (Å²) in [6.45, 7) is 8.37. The third kappa shape index (κ3) is 5.00. The van der Waals surface area contributed by atoms with E-state index in [9.17, 15) is 13.2 Å². The first-order valence-corrected chi connectivity index (χ1v) is 13.6. The number of esters is 1. The monoisotopic (exact) mass is 495 g/mol.